The van der Waals surface area contributed by atoms with Crippen molar-refractivity contribution >= 4 is 17.5 Å². The van der Waals surface area contributed by atoms with Gasteiger partial charge >= 0.3 is 0 Å². The molecule has 8 nitrogen and oxygen atoms in total. The maximum Gasteiger partial charge on any atom is 0.254 e. The maximum atomic E-state index is 13.0. The first-order valence-corrected chi connectivity index (χ1v) is 11.0. The summed E-state index contributed by atoms with van der Waals surface area (Å²) in [7, 11) is 0. The van der Waals surface area contributed by atoms with Crippen molar-refractivity contribution in [1.29, 1.82) is 0 Å². The van der Waals surface area contributed by atoms with Gasteiger partial charge in [0.05, 0.1) is 23.3 Å². The molecular weight excluding hydrogens is 414 g/mol. The number of piperazine rings is 1. The second-order valence-electron chi connectivity index (χ2n) is 7.98. The van der Waals surface area contributed by atoms with E-state index in [-0.39, 0.29) is 5.91 Å². The predicted octanol–water partition coefficient (Wildman–Crippen LogP) is 3.43. The Kier molecular flexibility index (Phi) is 5.82. The highest BCUT2D eigenvalue weighted by Crippen LogP contribution is 2.23. The molecule has 1 aliphatic rings. The lowest BCUT2D eigenvalue weighted by Gasteiger charge is -2.27. The van der Waals surface area contributed by atoms with Crippen molar-refractivity contribution in [3.63, 3.8) is 0 Å². The van der Waals surface area contributed by atoms with Crippen LogP contribution in [0.5, 0.6) is 0 Å². The summed E-state index contributed by atoms with van der Waals surface area (Å²) in [6.07, 6.45) is 3.47. The van der Waals surface area contributed by atoms with Crippen LogP contribution in [0.1, 0.15) is 15.9 Å². The number of aromatic nitrogens is 4. The molecule has 5 rings (SSSR count). The predicted molar refractivity (Wildman–Crippen MR) is 128 cm³/mol. The fourth-order valence-electron chi connectivity index (χ4n) is 3.99. The van der Waals surface area contributed by atoms with Crippen LogP contribution < -0.4 is 10.6 Å². The number of amides is 1. The SMILES string of the molecule is Cc1cc(Nc2nccc(-c3ccnn3-c3ccccc3)n2)cc(C(=O)N2CCNCC2)c1. The summed E-state index contributed by atoms with van der Waals surface area (Å²) >= 11 is 0. The molecule has 0 aliphatic carbocycles. The van der Waals surface area contributed by atoms with E-state index < -0.39 is 0 Å². The molecule has 0 radical (unpaired) electrons. The van der Waals surface area contributed by atoms with Gasteiger partial charge < -0.3 is 15.5 Å². The van der Waals surface area contributed by atoms with Crippen LogP contribution in [0.15, 0.2) is 73.1 Å². The molecule has 8 heteroatoms. The van der Waals surface area contributed by atoms with Crippen molar-refractivity contribution < 1.29 is 4.79 Å². The van der Waals surface area contributed by atoms with Gasteiger partial charge in [0.2, 0.25) is 5.95 Å². The van der Waals surface area contributed by atoms with E-state index >= 15 is 0 Å². The quantitative estimate of drug-likeness (QED) is 0.495. The number of nitrogens with one attached hydrogen (secondary N) is 2. The summed E-state index contributed by atoms with van der Waals surface area (Å²) in [5.41, 5.74) is 5.01. The van der Waals surface area contributed by atoms with E-state index in [1.807, 2.05) is 77.2 Å². The standard InChI is InChI=1S/C25H25N7O/c1-18-15-19(24(33)31-13-11-26-12-14-31)17-20(16-18)29-25-27-9-7-22(30-25)23-8-10-28-32(23)21-5-3-2-4-6-21/h2-10,15-17,26H,11-14H2,1H3,(H,27,29,30). The zero-order chi connectivity index (χ0) is 22.6. The lowest BCUT2D eigenvalue weighted by molar-refractivity contribution is 0.0736. The number of hydrogen-bond donors (Lipinski definition) is 2. The van der Waals surface area contributed by atoms with Gasteiger partial charge in [-0.2, -0.15) is 5.10 Å². The van der Waals surface area contributed by atoms with Crippen molar-refractivity contribution in [1.82, 2.24) is 30.0 Å². The lowest BCUT2D eigenvalue weighted by atomic mass is 10.1. The van der Waals surface area contributed by atoms with Crippen LogP contribution in [0.4, 0.5) is 11.6 Å². The molecule has 2 aromatic heterocycles. The minimum absolute atomic E-state index is 0.0460. The molecule has 4 aromatic rings. The Labute approximate surface area is 192 Å². The van der Waals surface area contributed by atoms with Crippen molar-refractivity contribution in [2.24, 2.45) is 0 Å². The van der Waals surface area contributed by atoms with Crippen molar-refractivity contribution in [2.45, 2.75) is 6.92 Å². The Hall–Kier alpha value is -4.04. The topological polar surface area (TPSA) is 88.0 Å². The third-order valence-electron chi connectivity index (χ3n) is 5.55. The number of para-hydroxylation sites is 1. The Morgan fingerprint density at radius 3 is 2.64 bits per heavy atom. The van der Waals surface area contributed by atoms with Gasteiger partial charge in [0, 0.05) is 43.6 Å². The number of benzene rings is 2. The monoisotopic (exact) mass is 439 g/mol. The molecule has 2 N–H and O–H groups in total. The van der Waals surface area contributed by atoms with Gasteiger partial charge in [-0.15, -0.1) is 0 Å². The largest absolute Gasteiger partial charge is 0.336 e. The lowest BCUT2D eigenvalue weighted by Crippen LogP contribution is -2.46. The molecule has 2 aromatic carbocycles. The zero-order valence-corrected chi connectivity index (χ0v) is 18.4. The van der Waals surface area contributed by atoms with Crippen molar-refractivity contribution in [2.75, 3.05) is 31.5 Å². The third kappa shape index (κ3) is 4.61. The summed E-state index contributed by atoms with van der Waals surface area (Å²) in [4.78, 5) is 23.9. The first kappa shape index (κ1) is 20.8. The van der Waals surface area contributed by atoms with E-state index in [1.54, 1.807) is 12.4 Å². The fraction of sp³-hybridized carbons (Fsp3) is 0.200. The second-order valence-corrected chi connectivity index (χ2v) is 7.98. The van der Waals surface area contributed by atoms with Gasteiger partial charge in [-0.3, -0.25) is 4.79 Å². The number of carbonyl (C=O) groups excluding carboxylic acids is 1. The molecule has 1 amide bonds. The smallest absolute Gasteiger partial charge is 0.254 e. The molecule has 1 saturated heterocycles. The highest BCUT2D eigenvalue weighted by Gasteiger charge is 2.19. The van der Waals surface area contributed by atoms with E-state index in [4.69, 9.17) is 4.98 Å². The van der Waals surface area contributed by atoms with Crippen molar-refractivity contribution in [3.05, 3.63) is 84.2 Å². The fourth-order valence-corrected chi connectivity index (χ4v) is 3.99. The number of rotatable bonds is 5. The van der Waals surface area contributed by atoms with Gasteiger partial charge in [-0.25, -0.2) is 14.6 Å². The van der Waals surface area contributed by atoms with Gasteiger partial charge in [-0.05, 0) is 55.0 Å². The van der Waals surface area contributed by atoms with Crippen LogP contribution in [0, 0.1) is 6.92 Å². The van der Waals surface area contributed by atoms with E-state index in [0.29, 0.717) is 11.5 Å². The molecule has 0 unspecified atom stereocenters. The molecule has 33 heavy (non-hydrogen) atoms. The van der Waals surface area contributed by atoms with E-state index in [9.17, 15) is 4.79 Å². The second kappa shape index (κ2) is 9.22. The molecule has 0 atom stereocenters. The van der Waals surface area contributed by atoms with Gasteiger partial charge in [0.15, 0.2) is 0 Å². The molecule has 0 bridgehead atoms. The van der Waals surface area contributed by atoms with E-state index in [0.717, 1.165) is 54.5 Å². The van der Waals surface area contributed by atoms with E-state index in [2.05, 4.69) is 20.7 Å². The highest BCUT2D eigenvalue weighted by atomic mass is 16.2. The van der Waals surface area contributed by atoms with E-state index in [1.165, 1.54) is 0 Å². The molecule has 166 valence electrons. The Morgan fingerprint density at radius 1 is 1.00 bits per heavy atom. The number of aryl methyl sites for hydroxylation is 1. The first-order chi connectivity index (χ1) is 16.2. The number of anilines is 2. The van der Waals surface area contributed by atoms with Crippen LogP contribution in [-0.2, 0) is 0 Å². The van der Waals surface area contributed by atoms with Crippen LogP contribution in [0.25, 0.3) is 17.1 Å². The molecule has 1 aliphatic heterocycles. The third-order valence-corrected chi connectivity index (χ3v) is 5.55. The minimum atomic E-state index is 0.0460. The number of nitrogens with zero attached hydrogens (tertiary/aromatic N) is 5. The number of hydrogen-bond acceptors (Lipinski definition) is 6. The van der Waals surface area contributed by atoms with Gasteiger partial charge in [0.25, 0.3) is 5.91 Å². The zero-order valence-electron chi connectivity index (χ0n) is 18.4. The van der Waals surface area contributed by atoms with Crippen LogP contribution in [-0.4, -0.2) is 56.7 Å². The highest BCUT2D eigenvalue weighted by molar-refractivity contribution is 5.95. The molecule has 3 heterocycles. The van der Waals surface area contributed by atoms with Crippen molar-refractivity contribution in [3.8, 4) is 17.1 Å². The summed E-state index contributed by atoms with van der Waals surface area (Å²) in [5.74, 6) is 0.504. The maximum absolute atomic E-state index is 13.0. The first-order valence-electron chi connectivity index (χ1n) is 11.0. The summed E-state index contributed by atoms with van der Waals surface area (Å²) in [6.45, 7) is 5.06. The van der Waals surface area contributed by atoms with Gasteiger partial charge in [0.1, 0.15) is 0 Å². The normalized spacial score (nSPS) is 13.7. The van der Waals surface area contributed by atoms with Crippen LogP contribution in [0.2, 0.25) is 0 Å². The summed E-state index contributed by atoms with van der Waals surface area (Å²) in [5, 5.41) is 11.0. The van der Waals surface area contributed by atoms with Crippen LogP contribution in [0.3, 0.4) is 0 Å². The Morgan fingerprint density at radius 2 is 1.82 bits per heavy atom. The average molecular weight is 440 g/mol. The summed E-state index contributed by atoms with van der Waals surface area (Å²) < 4.78 is 1.85. The minimum Gasteiger partial charge on any atom is -0.336 e. The molecule has 0 saturated carbocycles. The Balaban J connectivity index is 1.41. The molecule has 1 fully saturated rings. The Bertz CT molecular complexity index is 1260. The van der Waals surface area contributed by atoms with Gasteiger partial charge in [-0.1, -0.05) is 18.2 Å². The average Bonchev–Trinajstić information content (AvgIpc) is 3.35. The summed E-state index contributed by atoms with van der Waals surface area (Å²) in [6, 6.07) is 19.5. The van der Waals surface area contributed by atoms with Crippen LogP contribution >= 0.6 is 0 Å². The number of carbonyl (C=O) groups is 1. The molecule has 0 spiro atoms. The molecular formula is C25H25N7O.